The Kier molecular flexibility index (Phi) is 4.09. The van der Waals surface area contributed by atoms with Gasteiger partial charge in [0.25, 0.3) is 0 Å². The maximum absolute atomic E-state index is 11.3. The van der Waals surface area contributed by atoms with E-state index in [1.807, 2.05) is 31.2 Å². The fourth-order valence-corrected chi connectivity index (χ4v) is 2.61. The molecular formula is C16H19N3O3. The number of hydrogen-bond donors (Lipinski definition) is 1. The van der Waals surface area contributed by atoms with Gasteiger partial charge in [-0.05, 0) is 31.9 Å². The average molecular weight is 301 g/mol. The summed E-state index contributed by atoms with van der Waals surface area (Å²) in [6.45, 7) is 2.96. The molecule has 1 aromatic carbocycles. The van der Waals surface area contributed by atoms with Crippen LogP contribution in [0.4, 0.5) is 0 Å². The van der Waals surface area contributed by atoms with Crippen molar-refractivity contribution in [1.29, 1.82) is 0 Å². The van der Waals surface area contributed by atoms with Gasteiger partial charge in [-0.1, -0.05) is 29.3 Å². The molecule has 0 radical (unpaired) electrons. The molecular weight excluding hydrogens is 282 g/mol. The summed E-state index contributed by atoms with van der Waals surface area (Å²) >= 11 is 0. The molecule has 3 rings (SSSR count). The third-order valence-electron chi connectivity index (χ3n) is 4.06. The molecule has 22 heavy (non-hydrogen) atoms. The minimum absolute atomic E-state index is 0.0834. The van der Waals surface area contributed by atoms with Crippen LogP contribution in [0.15, 0.2) is 24.3 Å². The maximum Gasteiger partial charge on any atom is 0.358 e. The molecule has 6 heteroatoms. The number of aromatic nitrogens is 3. The monoisotopic (exact) mass is 301 g/mol. The van der Waals surface area contributed by atoms with Crippen molar-refractivity contribution in [2.45, 2.75) is 38.6 Å². The van der Waals surface area contributed by atoms with Crippen LogP contribution in [0.5, 0.6) is 5.75 Å². The molecule has 1 aliphatic carbocycles. The highest BCUT2D eigenvalue weighted by atomic mass is 16.5. The Morgan fingerprint density at radius 1 is 1.36 bits per heavy atom. The van der Waals surface area contributed by atoms with Gasteiger partial charge in [0, 0.05) is 5.92 Å². The fraction of sp³-hybridized carbons (Fsp3) is 0.438. The topological polar surface area (TPSA) is 77.2 Å². The van der Waals surface area contributed by atoms with Gasteiger partial charge in [-0.3, -0.25) is 0 Å². The van der Waals surface area contributed by atoms with Crippen molar-refractivity contribution < 1.29 is 14.6 Å². The first-order valence-electron chi connectivity index (χ1n) is 7.51. The predicted molar refractivity (Wildman–Crippen MR) is 80.2 cm³/mol. The Morgan fingerprint density at radius 3 is 2.68 bits per heavy atom. The van der Waals surface area contributed by atoms with Crippen LogP contribution < -0.4 is 4.74 Å². The largest absolute Gasteiger partial charge is 0.492 e. The van der Waals surface area contributed by atoms with Gasteiger partial charge in [0.05, 0.1) is 12.2 Å². The SMILES string of the molecule is Cc1ccc(OCCn2nnc(C(=O)O)c2C2CCC2)cc1. The lowest BCUT2D eigenvalue weighted by molar-refractivity contribution is 0.0687. The van der Waals surface area contributed by atoms with Crippen LogP contribution in [0.25, 0.3) is 0 Å². The molecule has 0 unspecified atom stereocenters. The molecule has 1 N–H and O–H groups in total. The number of aromatic carboxylic acids is 1. The van der Waals surface area contributed by atoms with E-state index >= 15 is 0 Å². The second kappa shape index (κ2) is 6.17. The Balaban J connectivity index is 1.67. The van der Waals surface area contributed by atoms with Crippen LogP contribution >= 0.6 is 0 Å². The molecule has 0 aliphatic heterocycles. The van der Waals surface area contributed by atoms with Crippen LogP contribution in [0.2, 0.25) is 0 Å². The number of carboxylic acids is 1. The lowest BCUT2D eigenvalue weighted by Gasteiger charge is -2.26. The van der Waals surface area contributed by atoms with Crippen LogP contribution in [0.3, 0.4) is 0 Å². The summed E-state index contributed by atoms with van der Waals surface area (Å²) in [5.41, 5.74) is 2.01. The normalized spacial score (nSPS) is 14.6. The summed E-state index contributed by atoms with van der Waals surface area (Å²) in [7, 11) is 0. The third-order valence-corrected chi connectivity index (χ3v) is 4.06. The highest BCUT2D eigenvalue weighted by Crippen LogP contribution is 2.37. The maximum atomic E-state index is 11.3. The highest BCUT2D eigenvalue weighted by molar-refractivity contribution is 5.86. The number of hydrogen-bond acceptors (Lipinski definition) is 4. The minimum atomic E-state index is -1.01. The molecule has 1 heterocycles. The Labute approximate surface area is 128 Å². The van der Waals surface area contributed by atoms with Gasteiger partial charge in [-0.25, -0.2) is 9.48 Å². The minimum Gasteiger partial charge on any atom is -0.492 e. The van der Waals surface area contributed by atoms with E-state index < -0.39 is 5.97 Å². The summed E-state index contributed by atoms with van der Waals surface area (Å²) in [5, 5.41) is 17.0. The van der Waals surface area contributed by atoms with Crippen molar-refractivity contribution in [3.63, 3.8) is 0 Å². The lowest BCUT2D eigenvalue weighted by Crippen LogP contribution is -2.20. The molecule has 1 fully saturated rings. The van der Waals surface area contributed by atoms with Crippen molar-refractivity contribution in [1.82, 2.24) is 15.0 Å². The Hall–Kier alpha value is -2.37. The molecule has 0 saturated heterocycles. The van der Waals surface area contributed by atoms with Crippen molar-refractivity contribution in [3.8, 4) is 5.75 Å². The van der Waals surface area contributed by atoms with Gasteiger partial charge in [0.15, 0.2) is 5.69 Å². The van der Waals surface area contributed by atoms with Gasteiger partial charge in [0.2, 0.25) is 0 Å². The summed E-state index contributed by atoms with van der Waals surface area (Å²) in [4.78, 5) is 11.3. The van der Waals surface area contributed by atoms with Crippen molar-refractivity contribution in [3.05, 3.63) is 41.2 Å². The summed E-state index contributed by atoms with van der Waals surface area (Å²) < 4.78 is 7.37. The molecule has 116 valence electrons. The van der Waals surface area contributed by atoms with Crippen LogP contribution in [-0.2, 0) is 6.54 Å². The first-order valence-corrected chi connectivity index (χ1v) is 7.51. The van der Waals surface area contributed by atoms with E-state index in [9.17, 15) is 9.90 Å². The van der Waals surface area contributed by atoms with E-state index in [1.54, 1.807) is 4.68 Å². The van der Waals surface area contributed by atoms with Crippen molar-refractivity contribution >= 4 is 5.97 Å². The zero-order chi connectivity index (χ0) is 15.5. The van der Waals surface area contributed by atoms with E-state index in [1.165, 1.54) is 5.56 Å². The van der Waals surface area contributed by atoms with Crippen LogP contribution in [0.1, 0.15) is 46.9 Å². The average Bonchev–Trinajstić information content (AvgIpc) is 2.83. The van der Waals surface area contributed by atoms with E-state index in [0.29, 0.717) is 13.2 Å². The number of benzene rings is 1. The van der Waals surface area contributed by atoms with Crippen LogP contribution in [-0.4, -0.2) is 32.7 Å². The lowest BCUT2D eigenvalue weighted by atomic mass is 9.82. The highest BCUT2D eigenvalue weighted by Gasteiger charge is 2.30. The first kappa shape index (κ1) is 14.6. The van der Waals surface area contributed by atoms with E-state index in [4.69, 9.17) is 4.74 Å². The standard InChI is InChI=1S/C16H19N3O3/c1-11-5-7-13(8-6-11)22-10-9-19-15(12-3-2-4-12)14(16(20)21)17-18-19/h5-8,12H,2-4,9-10H2,1H3,(H,20,21). The molecule has 0 spiro atoms. The third kappa shape index (κ3) is 2.95. The first-order chi connectivity index (χ1) is 10.6. The number of rotatable bonds is 6. The van der Waals surface area contributed by atoms with Crippen molar-refractivity contribution in [2.24, 2.45) is 0 Å². The van der Waals surface area contributed by atoms with E-state index in [2.05, 4.69) is 10.3 Å². The molecule has 1 saturated carbocycles. The quantitative estimate of drug-likeness (QED) is 0.887. The number of ether oxygens (including phenoxy) is 1. The summed E-state index contributed by atoms with van der Waals surface area (Å²) in [6.07, 6.45) is 3.15. The molecule has 1 aromatic heterocycles. The summed E-state index contributed by atoms with van der Waals surface area (Å²) in [6, 6.07) is 7.83. The molecule has 1 aliphatic rings. The zero-order valence-corrected chi connectivity index (χ0v) is 12.5. The van der Waals surface area contributed by atoms with Gasteiger partial charge in [0.1, 0.15) is 12.4 Å². The zero-order valence-electron chi connectivity index (χ0n) is 12.5. The second-order valence-corrected chi connectivity index (χ2v) is 5.64. The predicted octanol–water partition coefficient (Wildman–Crippen LogP) is 2.63. The smallest absolute Gasteiger partial charge is 0.358 e. The van der Waals surface area contributed by atoms with E-state index in [-0.39, 0.29) is 11.6 Å². The van der Waals surface area contributed by atoms with Gasteiger partial charge in [-0.2, -0.15) is 0 Å². The van der Waals surface area contributed by atoms with Gasteiger partial charge < -0.3 is 9.84 Å². The van der Waals surface area contributed by atoms with Gasteiger partial charge in [-0.15, -0.1) is 5.10 Å². The number of carboxylic acid groups (broad SMARTS) is 1. The number of nitrogens with zero attached hydrogens (tertiary/aromatic N) is 3. The summed E-state index contributed by atoms with van der Waals surface area (Å²) in [5.74, 6) is 0.0578. The number of carbonyl (C=O) groups is 1. The molecule has 0 atom stereocenters. The second-order valence-electron chi connectivity index (χ2n) is 5.64. The van der Waals surface area contributed by atoms with Gasteiger partial charge >= 0.3 is 5.97 Å². The molecule has 6 nitrogen and oxygen atoms in total. The Bertz CT molecular complexity index is 660. The van der Waals surface area contributed by atoms with E-state index in [0.717, 1.165) is 30.7 Å². The number of aryl methyl sites for hydroxylation is 1. The van der Waals surface area contributed by atoms with Crippen LogP contribution in [0, 0.1) is 6.92 Å². The Morgan fingerprint density at radius 2 is 2.09 bits per heavy atom. The fourth-order valence-electron chi connectivity index (χ4n) is 2.61. The van der Waals surface area contributed by atoms with Crippen molar-refractivity contribution in [2.75, 3.05) is 6.61 Å². The molecule has 0 bridgehead atoms. The molecule has 0 amide bonds. The molecule has 2 aromatic rings.